The number of likely N-dealkylation sites (tertiary alicyclic amines) is 1. The number of para-hydroxylation sites is 1. The van der Waals surface area contributed by atoms with Crippen molar-refractivity contribution in [1.82, 2.24) is 4.90 Å². The van der Waals surface area contributed by atoms with Crippen LogP contribution in [-0.4, -0.2) is 92.5 Å². The van der Waals surface area contributed by atoms with Gasteiger partial charge in [0.2, 0.25) is 5.91 Å². The van der Waals surface area contributed by atoms with Gasteiger partial charge in [0.15, 0.2) is 11.5 Å². The van der Waals surface area contributed by atoms with Crippen molar-refractivity contribution in [1.29, 1.82) is 0 Å². The number of halogens is 1. The third-order valence-corrected chi connectivity index (χ3v) is 8.87. The quantitative estimate of drug-likeness (QED) is 0.258. The van der Waals surface area contributed by atoms with Gasteiger partial charge in [-0.05, 0) is 63.8 Å². The maximum absolute atomic E-state index is 14.6. The van der Waals surface area contributed by atoms with Gasteiger partial charge in [0, 0.05) is 53.3 Å². The van der Waals surface area contributed by atoms with Crippen LogP contribution in [0.5, 0.6) is 11.5 Å². The monoisotopic (exact) mass is 716 g/mol. The van der Waals surface area contributed by atoms with E-state index in [0.29, 0.717) is 59.3 Å². The number of anilines is 1. The van der Waals surface area contributed by atoms with E-state index in [2.05, 4.69) is 0 Å². The van der Waals surface area contributed by atoms with E-state index in [1.807, 2.05) is 19.9 Å². The number of carboxylic acids is 1. The third-order valence-electron chi connectivity index (χ3n) is 8.63. The molecule has 2 heterocycles. The molecule has 0 bridgehead atoms. The van der Waals surface area contributed by atoms with Crippen molar-refractivity contribution in [3.63, 3.8) is 0 Å². The molecule has 0 saturated carbocycles. The topological polar surface area (TPSA) is 141 Å². The van der Waals surface area contributed by atoms with Crippen LogP contribution >= 0.6 is 11.6 Å². The molecule has 2 aliphatic rings. The number of hydrogen-bond acceptors (Lipinski definition) is 9. The molecule has 1 fully saturated rings. The summed E-state index contributed by atoms with van der Waals surface area (Å²) >= 11 is 6.57. The van der Waals surface area contributed by atoms with Crippen molar-refractivity contribution in [2.45, 2.75) is 78.1 Å². The fourth-order valence-electron chi connectivity index (χ4n) is 6.40. The molecule has 2 aromatic carbocycles. The lowest BCUT2D eigenvalue weighted by Crippen LogP contribution is -2.48. The smallest absolute Gasteiger partial charge is 0.332 e. The predicted octanol–water partition coefficient (Wildman–Crippen LogP) is 5.67. The summed E-state index contributed by atoms with van der Waals surface area (Å²) in [5.41, 5.74) is 0.397. The van der Waals surface area contributed by atoms with Crippen molar-refractivity contribution < 1.29 is 48.0 Å². The molecule has 13 heteroatoms. The number of esters is 1. The second-order valence-electron chi connectivity index (χ2n) is 14.6. The molecule has 12 nitrogen and oxygen atoms in total. The van der Waals surface area contributed by atoms with E-state index in [9.17, 15) is 24.3 Å². The normalized spacial score (nSPS) is 18.7. The van der Waals surface area contributed by atoms with Gasteiger partial charge in [0.25, 0.3) is 5.91 Å². The van der Waals surface area contributed by atoms with E-state index in [1.54, 1.807) is 60.9 Å². The van der Waals surface area contributed by atoms with Crippen LogP contribution in [-0.2, 0) is 33.4 Å². The maximum atomic E-state index is 14.6. The number of aliphatic carboxylic acids is 1. The van der Waals surface area contributed by atoms with Crippen LogP contribution in [0.25, 0.3) is 0 Å². The van der Waals surface area contributed by atoms with E-state index >= 15 is 0 Å². The van der Waals surface area contributed by atoms with Gasteiger partial charge in [0.05, 0.1) is 27.2 Å². The zero-order valence-electron chi connectivity index (χ0n) is 30.0. The highest BCUT2D eigenvalue weighted by atomic mass is 35.5. The summed E-state index contributed by atoms with van der Waals surface area (Å²) in [4.78, 5) is 55.2. The number of carbonyl (C=O) groups is 4. The van der Waals surface area contributed by atoms with Gasteiger partial charge in [0.1, 0.15) is 24.4 Å². The number of carboxylic acid groups (broad SMARTS) is 1. The Morgan fingerprint density at radius 1 is 0.980 bits per heavy atom. The highest BCUT2D eigenvalue weighted by molar-refractivity contribution is 6.30. The molecule has 1 N–H and O–H groups in total. The Kier molecular flexibility index (Phi) is 12.8. The van der Waals surface area contributed by atoms with Gasteiger partial charge >= 0.3 is 11.9 Å². The fourth-order valence-corrected chi connectivity index (χ4v) is 6.58. The van der Waals surface area contributed by atoms with Crippen molar-refractivity contribution in [2.75, 3.05) is 52.0 Å². The van der Waals surface area contributed by atoms with Gasteiger partial charge in [-0.3, -0.25) is 14.4 Å². The first kappa shape index (κ1) is 38.9. The number of carbonyl (C=O) groups excluding carboxylic acids is 3. The van der Waals surface area contributed by atoms with Crippen molar-refractivity contribution in [3.05, 3.63) is 52.5 Å². The number of fused-ring (bicyclic) bond motifs is 1. The number of ether oxygens (including phenoxy) is 5. The zero-order valence-corrected chi connectivity index (χ0v) is 30.7. The van der Waals surface area contributed by atoms with E-state index in [0.717, 1.165) is 0 Å². The van der Waals surface area contributed by atoms with Crippen molar-refractivity contribution >= 4 is 41.0 Å². The minimum Gasteiger partial charge on any atom is -0.493 e. The summed E-state index contributed by atoms with van der Waals surface area (Å²) in [6.45, 7) is 10.0. The minimum atomic E-state index is -1.20. The van der Waals surface area contributed by atoms with E-state index in [4.69, 9.17) is 35.3 Å². The van der Waals surface area contributed by atoms with Crippen LogP contribution in [0.4, 0.5) is 5.69 Å². The molecule has 50 heavy (non-hydrogen) atoms. The van der Waals surface area contributed by atoms with E-state index < -0.39 is 41.1 Å². The Bertz CT molecular complexity index is 1550. The Balaban J connectivity index is 1.69. The molecule has 2 aliphatic heterocycles. The molecule has 274 valence electrons. The first-order valence-corrected chi connectivity index (χ1v) is 17.2. The van der Waals surface area contributed by atoms with Gasteiger partial charge in [-0.25, -0.2) is 4.79 Å². The van der Waals surface area contributed by atoms with Gasteiger partial charge in [-0.1, -0.05) is 37.6 Å². The highest BCUT2D eigenvalue weighted by Crippen LogP contribution is 2.46. The van der Waals surface area contributed by atoms with Crippen molar-refractivity contribution in [3.8, 4) is 11.5 Å². The Hall–Kier alpha value is -3.87. The summed E-state index contributed by atoms with van der Waals surface area (Å²) in [5.74, 6) is -1.17. The van der Waals surface area contributed by atoms with Crippen LogP contribution < -0.4 is 14.4 Å². The molecule has 0 aliphatic carbocycles. The Morgan fingerprint density at radius 3 is 2.30 bits per heavy atom. The Labute approximate surface area is 298 Å². The van der Waals surface area contributed by atoms with Gasteiger partial charge in [-0.15, -0.1) is 0 Å². The van der Waals surface area contributed by atoms with Gasteiger partial charge < -0.3 is 38.6 Å². The van der Waals surface area contributed by atoms with Crippen LogP contribution in [0.2, 0.25) is 5.02 Å². The first-order chi connectivity index (χ1) is 23.5. The number of rotatable bonds is 13. The second-order valence-corrected chi connectivity index (χ2v) is 15.0. The Morgan fingerprint density at radius 2 is 1.68 bits per heavy atom. The summed E-state index contributed by atoms with van der Waals surface area (Å²) in [6, 6.07) is 10.6. The summed E-state index contributed by atoms with van der Waals surface area (Å²) in [6.07, 6.45) is -1.13. The maximum Gasteiger partial charge on any atom is 0.332 e. The zero-order chi connectivity index (χ0) is 36.8. The lowest BCUT2D eigenvalue weighted by Gasteiger charge is -2.34. The lowest BCUT2D eigenvalue weighted by molar-refractivity contribution is -0.161. The number of piperidine rings is 1. The van der Waals surface area contributed by atoms with E-state index in [-0.39, 0.29) is 44.4 Å². The fraction of sp³-hybridized carbons (Fsp3) is 0.568. The summed E-state index contributed by atoms with van der Waals surface area (Å²) in [7, 11) is 3.04. The largest absolute Gasteiger partial charge is 0.493 e. The highest BCUT2D eigenvalue weighted by Gasteiger charge is 2.41. The molecule has 0 radical (unpaired) electrons. The number of benzene rings is 2. The molecule has 0 unspecified atom stereocenters. The molecule has 1 saturated heterocycles. The number of nitrogens with zero attached hydrogens (tertiary/aromatic N) is 2. The molecule has 2 atom stereocenters. The lowest BCUT2D eigenvalue weighted by atomic mass is 9.92. The first-order valence-electron chi connectivity index (χ1n) is 16.8. The van der Waals surface area contributed by atoms with Crippen LogP contribution in [0.3, 0.4) is 0 Å². The SMILES string of the molecule is COc1cccc([C@H]2O[C@H](CC(=O)N3CCC(CC(=O)O)CC3)C(=O)N(CC(C)(C)COCC(=O)OC(C)(C)C)c3ccc(Cl)cc32)c1OC. The molecular weight excluding hydrogens is 668 g/mol. The van der Waals surface area contributed by atoms with Crippen LogP contribution in [0.15, 0.2) is 36.4 Å². The number of hydrogen-bond donors (Lipinski definition) is 1. The standard InChI is InChI=1S/C37H49ClN2O10/c1-36(2,3)50-32(44)20-48-22-37(4,5)21-40-27-12-11-24(38)18-26(27)33(25-9-8-10-28(46-6)34(25)47-7)49-29(35(40)45)19-30(41)39-15-13-23(14-16-39)17-31(42)43/h8-12,18,23,29,33H,13-17,19-22H2,1-7H3,(H,42,43)/t29-,33-/m1/s1. The van der Waals surface area contributed by atoms with Crippen molar-refractivity contribution in [2.24, 2.45) is 11.3 Å². The number of amides is 2. The van der Waals surface area contributed by atoms with E-state index in [1.165, 1.54) is 14.2 Å². The van der Waals surface area contributed by atoms with Crippen LogP contribution in [0, 0.1) is 11.3 Å². The molecule has 2 aromatic rings. The summed E-state index contributed by atoms with van der Waals surface area (Å²) in [5, 5.41) is 9.64. The molecule has 0 aromatic heterocycles. The molecule has 0 spiro atoms. The third kappa shape index (κ3) is 10.1. The molecular formula is C37H49ClN2O10. The van der Waals surface area contributed by atoms with Gasteiger partial charge in [-0.2, -0.15) is 0 Å². The summed E-state index contributed by atoms with van der Waals surface area (Å²) < 4.78 is 29.2. The minimum absolute atomic E-state index is 0.00766. The average Bonchev–Trinajstić information content (AvgIpc) is 3.13. The average molecular weight is 717 g/mol. The predicted molar refractivity (Wildman–Crippen MR) is 187 cm³/mol. The van der Waals surface area contributed by atoms with Crippen LogP contribution in [0.1, 0.15) is 77.5 Å². The number of methoxy groups -OCH3 is 2. The second kappa shape index (κ2) is 16.4. The molecule has 2 amide bonds. The molecule has 4 rings (SSSR count).